The van der Waals surface area contributed by atoms with E-state index in [0.717, 1.165) is 11.3 Å². The molecule has 1 spiro atoms. The van der Waals surface area contributed by atoms with Crippen molar-refractivity contribution in [3.63, 3.8) is 0 Å². The molecule has 2 aromatic rings. The van der Waals surface area contributed by atoms with Crippen molar-refractivity contribution in [1.82, 2.24) is 4.90 Å². The molecule has 3 amide bonds. The molecule has 0 bridgehead atoms. The number of amides is 3. The van der Waals surface area contributed by atoms with E-state index in [4.69, 9.17) is 9.47 Å². The highest BCUT2D eigenvalue weighted by atomic mass is 32.2. The van der Waals surface area contributed by atoms with Gasteiger partial charge in [-0.3, -0.25) is 9.69 Å². The fourth-order valence-electron chi connectivity index (χ4n) is 3.86. The van der Waals surface area contributed by atoms with Gasteiger partial charge in [0.2, 0.25) is 0 Å². The zero-order chi connectivity index (χ0) is 20.4. The molecule has 0 aliphatic carbocycles. The van der Waals surface area contributed by atoms with Crippen molar-refractivity contribution in [1.29, 1.82) is 0 Å². The fourth-order valence-corrected chi connectivity index (χ4v) is 5.33. The quantitative estimate of drug-likeness (QED) is 0.816. The Balaban J connectivity index is 1.67. The van der Waals surface area contributed by atoms with Crippen LogP contribution in [0.3, 0.4) is 0 Å². The van der Waals surface area contributed by atoms with Crippen LogP contribution in [0.5, 0.6) is 5.75 Å². The van der Waals surface area contributed by atoms with Gasteiger partial charge in [0, 0.05) is 43.3 Å². The molecule has 4 rings (SSSR count). The lowest BCUT2D eigenvalue weighted by molar-refractivity contribution is -0.123. The summed E-state index contributed by atoms with van der Waals surface area (Å²) in [6, 6.07) is 14.5. The maximum absolute atomic E-state index is 13.6. The minimum absolute atomic E-state index is 0.0981. The van der Waals surface area contributed by atoms with Crippen molar-refractivity contribution in [2.75, 3.05) is 49.9 Å². The number of thioether (sulfide) groups is 1. The first-order chi connectivity index (χ1) is 14.1. The van der Waals surface area contributed by atoms with Crippen molar-refractivity contribution in [2.45, 2.75) is 4.87 Å². The predicted molar refractivity (Wildman–Crippen MR) is 114 cm³/mol. The van der Waals surface area contributed by atoms with Crippen LogP contribution in [-0.2, 0) is 14.4 Å². The first-order valence-corrected chi connectivity index (χ1v) is 10.4. The van der Waals surface area contributed by atoms with E-state index < -0.39 is 4.87 Å². The fraction of sp³-hybridized carbons (Fsp3) is 0.333. The van der Waals surface area contributed by atoms with Crippen LogP contribution in [0.25, 0.3) is 0 Å². The normalized spacial score (nSPS) is 20.3. The number of carbonyl (C=O) groups excluding carboxylic acids is 2. The minimum Gasteiger partial charge on any atom is -0.497 e. The molecule has 8 heteroatoms. The molecular weight excluding hydrogens is 390 g/mol. The number of nitrogens with zero attached hydrogens (tertiary/aromatic N) is 2. The van der Waals surface area contributed by atoms with Gasteiger partial charge in [-0.25, -0.2) is 4.79 Å². The van der Waals surface area contributed by atoms with Gasteiger partial charge in [0.25, 0.3) is 5.91 Å². The summed E-state index contributed by atoms with van der Waals surface area (Å²) in [6.07, 6.45) is 0. The molecule has 0 unspecified atom stereocenters. The Morgan fingerprint density at radius 2 is 2.03 bits per heavy atom. The zero-order valence-electron chi connectivity index (χ0n) is 16.4. The van der Waals surface area contributed by atoms with Gasteiger partial charge in [0.15, 0.2) is 4.87 Å². The van der Waals surface area contributed by atoms with Crippen LogP contribution in [-0.4, -0.2) is 56.5 Å². The summed E-state index contributed by atoms with van der Waals surface area (Å²) in [5, 5.41) is 2.92. The Labute approximate surface area is 174 Å². The largest absolute Gasteiger partial charge is 0.497 e. The maximum Gasteiger partial charge on any atom is 0.323 e. The van der Waals surface area contributed by atoms with Crippen molar-refractivity contribution in [3.05, 3.63) is 54.1 Å². The van der Waals surface area contributed by atoms with E-state index in [1.54, 1.807) is 36.2 Å². The lowest BCUT2D eigenvalue weighted by Crippen LogP contribution is -2.52. The van der Waals surface area contributed by atoms with Gasteiger partial charge in [-0.1, -0.05) is 24.3 Å². The second-order valence-corrected chi connectivity index (χ2v) is 8.06. The molecule has 2 aromatic carbocycles. The number of hydrogen-bond acceptors (Lipinski definition) is 5. The van der Waals surface area contributed by atoms with Gasteiger partial charge in [0.05, 0.1) is 19.4 Å². The van der Waals surface area contributed by atoms with E-state index in [9.17, 15) is 9.59 Å². The molecule has 2 heterocycles. The molecular formula is C21H23N3O4S. The van der Waals surface area contributed by atoms with Crippen LogP contribution in [0, 0.1) is 0 Å². The molecule has 0 aromatic heterocycles. The van der Waals surface area contributed by atoms with Gasteiger partial charge in [-0.2, -0.15) is 0 Å². The standard InChI is InChI=1S/C21H23N3O4S/c1-27-12-10-23-18-9-4-3-8-17(18)21(19(23)25)24(11-13-29-21)20(26)22-15-6-5-7-16(14-15)28-2/h3-9,14H,10-13H2,1-2H3,(H,22,26)/t21-/m1/s1. The highest BCUT2D eigenvalue weighted by Crippen LogP contribution is 2.54. The van der Waals surface area contributed by atoms with Gasteiger partial charge in [-0.15, -0.1) is 11.8 Å². The summed E-state index contributed by atoms with van der Waals surface area (Å²) in [4.78, 5) is 29.1. The highest BCUT2D eigenvalue weighted by Gasteiger charge is 2.59. The van der Waals surface area contributed by atoms with E-state index in [2.05, 4.69) is 5.32 Å². The summed E-state index contributed by atoms with van der Waals surface area (Å²) in [6.45, 7) is 1.36. The summed E-state index contributed by atoms with van der Waals surface area (Å²) in [7, 11) is 3.19. The molecule has 7 nitrogen and oxygen atoms in total. The van der Waals surface area contributed by atoms with Gasteiger partial charge in [0.1, 0.15) is 5.75 Å². The lowest BCUT2D eigenvalue weighted by atomic mass is 10.1. The Kier molecular flexibility index (Phi) is 5.38. The smallest absolute Gasteiger partial charge is 0.323 e. The van der Waals surface area contributed by atoms with E-state index >= 15 is 0 Å². The molecule has 0 radical (unpaired) electrons. The van der Waals surface area contributed by atoms with E-state index in [1.165, 1.54) is 11.8 Å². The van der Waals surface area contributed by atoms with Crippen LogP contribution in [0.1, 0.15) is 5.56 Å². The number of methoxy groups -OCH3 is 2. The van der Waals surface area contributed by atoms with Crippen molar-refractivity contribution < 1.29 is 19.1 Å². The average Bonchev–Trinajstić information content (AvgIpc) is 3.29. The lowest BCUT2D eigenvalue weighted by Gasteiger charge is -2.33. The number of anilines is 2. The molecule has 1 fully saturated rings. The molecule has 2 aliphatic rings. The average molecular weight is 413 g/mol. The van der Waals surface area contributed by atoms with Crippen LogP contribution in [0.15, 0.2) is 48.5 Å². The summed E-state index contributed by atoms with van der Waals surface area (Å²) in [5.41, 5.74) is 2.31. The van der Waals surface area contributed by atoms with Crippen molar-refractivity contribution >= 4 is 35.1 Å². The Hall–Kier alpha value is -2.71. The predicted octanol–water partition coefficient (Wildman–Crippen LogP) is 3.12. The summed E-state index contributed by atoms with van der Waals surface area (Å²) in [5.74, 6) is 1.24. The SMILES string of the molecule is COCCN1C(=O)[C@]2(SCCN2C(=O)Nc2cccc(OC)c2)c2ccccc21. The molecule has 1 saturated heterocycles. The van der Waals surface area contributed by atoms with Crippen molar-refractivity contribution in [2.24, 2.45) is 0 Å². The number of nitrogens with one attached hydrogen (secondary N) is 1. The minimum atomic E-state index is -1.05. The number of ether oxygens (including phenoxy) is 2. The number of fused-ring (bicyclic) bond motifs is 2. The molecule has 152 valence electrons. The van der Waals surface area contributed by atoms with Crippen molar-refractivity contribution in [3.8, 4) is 5.75 Å². The number of urea groups is 1. The monoisotopic (exact) mass is 413 g/mol. The van der Waals surface area contributed by atoms with Gasteiger partial charge >= 0.3 is 6.03 Å². The Morgan fingerprint density at radius 3 is 2.83 bits per heavy atom. The third-order valence-electron chi connectivity index (χ3n) is 5.19. The molecule has 1 N–H and O–H groups in total. The second-order valence-electron chi connectivity index (χ2n) is 6.77. The number of carbonyl (C=O) groups is 2. The highest BCUT2D eigenvalue weighted by molar-refractivity contribution is 8.01. The number of benzene rings is 2. The molecule has 2 aliphatic heterocycles. The van der Waals surface area contributed by atoms with Crippen LogP contribution >= 0.6 is 11.8 Å². The van der Waals surface area contributed by atoms with Crippen LogP contribution in [0.2, 0.25) is 0 Å². The summed E-state index contributed by atoms with van der Waals surface area (Å²) < 4.78 is 10.4. The van der Waals surface area contributed by atoms with E-state index in [-0.39, 0.29) is 11.9 Å². The third kappa shape index (κ3) is 3.22. The Morgan fingerprint density at radius 1 is 1.21 bits per heavy atom. The first-order valence-electron chi connectivity index (χ1n) is 9.39. The van der Waals surface area contributed by atoms with E-state index in [1.807, 2.05) is 36.4 Å². The van der Waals surface area contributed by atoms with Gasteiger partial charge < -0.3 is 19.7 Å². The number of para-hydroxylation sites is 1. The van der Waals surface area contributed by atoms with Crippen LogP contribution in [0.4, 0.5) is 16.2 Å². The first kappa shape index (κ1) is 19.6. The molecule has 29 heavy (non-hydrogen) atoms. The molecule has 0 saturated carbocycles. The second kappa shape index (κ2) is 7.96. The van der Waals surface area contributed by atoms with Gasteiger partial charge in [-0.05, 0) is 18.2 Å². The Bertz CT molecular complexity index is 938. The van der Waals surface area contributed by atoms with E-state index in [0.29, 0.717) is 36.9 Å². The third-order valence-corrected chi connectivity index (χ3v) is 6.61. The number of hydrogen-bond donors (Lipinski definition) is 1. The molecule has 1 atom stereocenters. The maximum atomic E-state index is 13.6. The van der Waals surface area contributed by atoms with Crippen LogP contribution < -0.4 is 15.0 Å². The zero-order valence-corrected chi connectivity index (χ0v) is 17.2. The number of rotatable bonds is 5. The summed E-state index contributed by atoms with van der Waals surface area (Å²) >= 11 is 1.50. The topological polar surface area (TPSA) is 71.1 Å².